The molecule has 2 nitrogen and oxygen atoms in total. The first-order valence-corrected chi connectivity index (χ1v) is 9.59. The minimum absolute atomic E-state index is 0.341. The fourth-order valence-corrected chi connectivity index (χ4v) is 6.26. The summed E-state index contributed by atoms with van der Waals surface area (Å²) < 4.78 is 4.98. The molecule has 0 spiro atoms. The van der Waals surface area contributed by atoms with Gasteiger partial charge in [-0.1, -0.05) is 37.3 Å². The topological polar surface area (TPSA) is 26.3 Å². The number of ether oxygens (including phenoxy) is 1. The lowest BCUT2D eigenvalue weighted by atomic mass is 10.3. The molecule has 0 N–H and O–H groups in total. The number of hydrogen-bond donors (Lipinski definition) is 0. The number of hydrogen-bond acceptors (Lipinski definition) is 2. The zero-order valence-corrected chi connectivity index (χ0v) is 12.9. The molecule has 0 bridgehead atoms. The Balaban J connectivity index is 4.20. The second-order valence-electron chi connectivity index (χ2n) is 4.81. The minimum atomic E-state index is -1.40. The van der Waals surface area contributed by atoms with E-state index in [2.05, 4.69) is 26.3 Å². The van der Waals surface area contributed by atoms with E-state index in [1.807, 2.05) is 18.2 Å². The number of esters is 1. The highest BCUT2D eigenvalue weighted by molar-refractivity contribution is 6.81. The number of carbonyl (C=O) groups excluding carboxylic acids is 1. The molecule has 0 atom stereocenters. The van der Waals surface area contributed by atoms with Crippen LogP contribution < -0.4 is 0 Å². The van der Waals surface area contributed by atoms with Gasteiger partial charge in [-0.05, 0) is 24.6 Å². The molecule has 0 aromatic heterocycles. The van der Waals surface area contributed by atoms with Gasteiger partial charge in [0.2, 0.25) is 0 Å². The Hall–Kier alpha value is -1.35. The summed E-state index contributed by atoms with van der Waals surface area (Å²) >= 11 is 0. The zero-order valence-electron chi connectivity index (χ0n) is 11.9. The monoisotopic (exact) mass is 278 g/mol. The molecule has 0 heterocycles. The van der Waals surface area contributed by atoms with E-state index in [0.717, 1.165) is 31.0 Å². The summed E-state index contributed by atoms with van der Waals surface area (Å²) in [4.78, 5) is 10.9. The molecule has 0 saturated carbocycles. The summed E-state index contributed by atoms with van der Waals surface area (Å²) in [7, 11) is -1.40. The quantitative estimate of drug-likeness (QED) is 0.173. The summed E-state index contributed by atoms with van der Waals surface area (Å²) in [5, 5.41) is 0. The zero-order chi connectivity index (χ0) is 14.6. The highest BCUT2D eigenvalue weighted by atomic mass is 28.3. The number of rotatable bonds is 12. The van der Waals surface area contributed by atoms with Crippen molar-refractivity contribution in [1.29, 1.82) is 0 Å². The Kier molecular flexibility index (Phi) is 9.81. The van der Waals surface area contributed by atoms with Gasteiger partial charge in [0, 0.05) is 6.08 Å². The van der Waals surface area contributed by atoms with Gasteiger partial charge >= 0.3 is 5.97 Å². The van der Waals surface area contributed by atoms with E-state index in [0.29, 0.717) is 6.61 Å². The van der Waals surface area contributed by atoms with Crippen LogP contribution in [0.25, 0.3) is 0 Å². The Bertz CT molecular complexity index is 294. The Morgan fingerprint density at radius 2 is 1.47 bits per heavy atom. The maximum Gasteiger partial charge on any atom is 0.330 e. The van der Waals surface area contributed by atoms with Gasteiger partial charge < -0.3 is 4.74 Å². The molecule has 0 rings (SSSR count). The maximum absolute atomic E-state index is 10.9. The van der Waals surface area contributed by atoms with Crippen molar-refractivity contribution in [2.45, 2.75) is 37.0 Å². The van der Waals surface area contributed by atoms with Crippen molar-refractivity contribution in [2.24, 2.45) is 0 Å². The van der Waals surface area contributed by atoms with E-state index in [4.69, 9.17) is 4.74 Å². The van der Waals surface area contributed by atoms with Gasteiger partial charge in [0.15, 0.2) is 0 Å². The molecule has 0 aliphatic heterocycles. The number of carbonyl (C=O) groups is 1. The van der Waals surface area contributed by atoms with Gasteiger partial charge in [-0.2, -0.15) is 0 Å². The van der Waals surface area contributed by atoms with Gasteiger partial charge in [-0.3, -0.25) is 0 Å². The molecular weight excluding hydrogens is 252 g/mol. The maximum atomic E-state index is 10.9. The average molecular weight is 278 g/mol. The van der Waals surface area contributed by atoms with Crippen LogP contribution in [-0.2, 0) is 9.53 Å². The minimum Gasteiger partial charge on any atom is -0.463 e. The molecule has 0 aromatic rings. The molecule has 0 aliphatic rings. The largest absolute Gasteiger partial charge is 0.463 e. The summed E-state index contributed by atoms with van der Waals surface area (Å²) in [5.41, 5.74) is 0. The predicted octanol–water partition coefficient (Wildman–Crippen LogP) is 4.50. The van der Waals surface area contributed by atoms with Crippen LogP contribution in [0.1, 0.15) is 12.8 Å². The fourth-order valence-electron chi connectivity index (χ4n) is 2.31. The standard InChI is InChI=1S/C16H26O2Si/c1-5-12-19(13-6-2,14-7-3)15-10-9-11-18-16(17)8-4/h5-8H,1-4,9-15H2. The molecule has 106 valence electrons. The highest BCUT2D eigenvalue weighted by Crippen LogP contribution is 2.29. The van der Waals surface area contributed by atoms with Crippen molar-refractivity contribution in [1.82, 2.24) is 0 Å². The van der Waals surface area contributed by atoms with Crippen LogP contribution in [0.2, 0.25) is 24.2 Å². The van der Waals surface area contributed by atoms with Gasteiger partial charge in [-0.25, -0.2) is 4.79 Å². The summed E-state index contributed by atoms with van der Waals surface area (Å²) in [5.74, 6) is -0.341. The molecule has 19 heavy (non-hydrogen) atoms. The van der Waals surface area contributed by atoms with E-state index < -0.39 is 8.07 Å². The summed E-state index contributed by atoms with van der Waals surface area (Å²) in [6, 6.07) is 4.48. The third-order valence-electron chi connectivity index (χ3n) is 3.24. The third kappa shape index (κ3) is 7.62. The number of unbranched alkanes of at least 4 members (excludes halogenated alkanes) is 1. The van der Waals surface area contributed by atoms with Crippen molar-refractivity contribution < 1.29 is 9.53 Å². The summed E-state index contributed by atoms with van der Waals surface area (Å²) in [6.07, 6.45) is 9.25. The third-order valence-corrected chi connectivity index (χ3v) is 8.12. The second kappa shape index (κ2) is 10.6. The molecule has 3 heteroatoms. The van der Waals surface area contributed by atoms with Gasteiger partial charge in [-0.15, -0.1) is 19.7 Å². The summed E-state index contributed by atoms with van der Waals surface area (Å²) in [6.45, 7) is 15.5. The normalized spacial score (nSPS) is 10.5. The van der Waals surface area contributed by atoms with E-state index in [-0.39, 0.29) is 5.97 Å². The highest BCUT2D eigenvalue weighted by Gasteiger charge is 2.27. The Morgan fingerprint density at radius 3 is 1.89 bits per heavy atom. The first kappa shape index (κ1) is 17.6. The van der Waals surface area contributed by atoms with Gasteiger partial charge in [0.1, 0.15) is 0 Å². The molecule has 0 saturated heterocycles. The molecule has 0 radical (unpaired) electrons. The van der Waals surface area contributed by atoms with E-state index in [1.165, 1.54) is 12.1 Å². The fraction of sp³-hybridized carbons (Fsp3) is 0.438. The average Bonchev–Trinajstić information content (AvgIpc) is 2.39. The molecule has 0 aromatic carbocycles. The number of allylic oxidation sites excluding steroid dienone is 3. The molecular formula is C16H26O2Si. The van der Waals surface area contributed by atoms with Crippen LogP contribution >= 0.6 is 0 Å². The van der Waals surface area contributed by atoms with Crippen LogP contribution in [0.5, 0.6) is 0 Å². The van der Waals surface area contributed by atoms with Crippen LogP contribution in [0, 0.1) is 0 Å². The lowest BCUT2D eigenvalue weighted by molar-refractivity contribution is -0.137. The smallest absolute Gasteiger partial charge is 0.330 e. The van der Waals surface area contributed by atoms with Crippen molar-refractivity contribution in [2.75, 3.05) is 6.61 Å². The molecule has 0 unspecified atom stereocenters. The second-order valence-corrected chi connectivity index (χ2v) is 9.53. The molecule has 0 fully saturated rings. The lowest BCUT2D eigenvalue weighted by Gasteiger charge is -2.28. The van der Waals surface area contributed by atoms with E-state index >= 15 is 0 Å². The van der Waals surface area contributed by atoms with Gasteiger partial charge in [0.05, 0.1) is 14.7 Å². The van der Waals surface area contributed by atoms with Crippen molar-refractivity contribution in [3.8, 4) is 0 Å². The first-order chi connectivity index (χ1) is 9.14. The molecule has 0 amide bonds. The Labute approximate surface area is 118 Å². The molecule has 0 aliphatic carbocycles. The van der Waals surface area contributed by atoms with Crippen molar-refractivity contribution in [3.63, 3.8) is 0 Å². The van der Waals surface area contributed by atoms with Crippen LogP contribution in [0.4, 0.5) is 0 Å². The Morgan fingerprint density at radius 1 is 0.947 bits per heavy atom. The van der Waals surface area contributed by atoms with E-state index in [9.17, 15) is 4.79 Å². The van der Waals surface area contributed by atoms with Crippen molar-refractivity contribution in [3.05, 3.63) is 50.6 Å². The van der Waals surface area contributed by atoms with E-state index in [1.54, 1.807) is 0 Å². The van der Waals surface area contributed by atoms with Crippen molar-refractivity contribution >= 4 is 14.0 Å². The van der Waals surface area contributed by atoms with Crippen LogP contribution in [0.15, 0.2) is 50.6 Å². The SMILES string of the molecule is C=CC[Si](CC=C)(CC=C)CCCCOC(=O)C=C. The van der Waals surface area contributed by atoms with Gasteiger partial charge in [0.25, 0.3) is 0 Å². The predicted molar refractivity (Wildman–Crippen MR) is 86.0 cm³/mol. The lowest BCUT2D eigenvalue weighted by Crippen LogP contribution is -2.31. The van der Waals surface area contributed by atoms with Crippen LogP contribution in [0.3, 0.4) is 0 Å². The first-order valence-electron chi connectivity index (χ1n) is 6.76. The van der Waals surface area contributed by atoms with Crippen LogP contribution in [-0.4, -0.2) is 20.7 Å².